The lowest BCUT2D eigenvalue weighted by atomic mass is 9.93. The Morgan fingerprint density at radius 2 is 2.04 bits per heavy atom. The summed E-state index contributed by atoms with van der Waals surface area (Å²) in [5, 5.41) is 7.02. The number of primary amides is 1. The molecular weight excluding hydrogens is 318 g/mol. The molecule has 132 valence electrons. The molecule has 3 rings (SSSR count). The maximum absolute atomic E-state index is 12.2. The van der Waals surface area contributed by atoms with E-state index in [4.69, 9.17) is 5.73 Å². The molecule has 1 aromatic heterocycles. The van der Waals surface area contributed by atoms with Gasteiger partial charge in [0.1, 0.15) is 0 Å². The summed E-state index contributed by atoms with van der Waals surface area (Å²) in [6.45, 7) is 2.06. The summed E-state index contributed by atoms with van der Waals surface area (Å²) in [7, 11) is 0. The van der Waals surface area contributed by atoms with Gasteiger partial charge in [-0.2, -0.15) is 5.10 Å². The van der Waals surface area contributed by atoms with Crippen molar-refractivity contribution < 1.29 is 9.59 Å². The number of amides is 2. The number of carbonyl (C=O) groups is 2. The fourth-order valence-corrected chi connectivity index (χ4v) is 3.17. The second kappa shape index (κ2) is 7.94. The molecule has 7 heteroatoms. The van der Waals surface area contributed by atoms with Crippen molar-refractivity contribution in [3.05, 3.63) is 53.9 Å². The van der Waals surface area contributed by atoms with Crippen LogP contribution in [0.2, 0.25) is 0 Å². The van der Waals surface area contributed by atoms with Gasteiger partial charge in [0, 0.05) is 32.0 Å². The van der Waals surface area contributed by atoms with Crippen LogP contribution < -0.4 is 11.1 Å². The van der Waals surface area contributed by atoms with Crippen LogP contribution in [-0.4, -0.2) is 45.6 Å². The molecule has 2 heterocycles. The molecule has 2 aromatic rings. The summed E-state index contributed by atoms with van der Waals surface area (Å²) in [6.07, 6.45) is 4.98. The van der Waals surface area contributed by atoms with Gasteiger partial charge in [-0.15, -0.1) is 0 Å². The van der Waals surface area contributed by atoms with Crippen molar-refractivity contribution in [2.45, 2.75) is 32.0 Å². The van der Waals surface area contributed by atoms with E-state index in [9.17, 15) is 9.59 Å². The van der Waals surface area contributed by atoms with E-state index in [2.05, 4.69) is 10.4 Å². The number of hydrogen-bond donors (Lipinski definition) is 2. The van der Waals surface area contributed by atoms with E-state index in [1.54, 1.807) is 6.20 Å². The molecule has 0 aliphatic carbocycles. The molecule has 1 aliphatic heterocycles. The summed E-state index contributed by atoms with van der Waals surface area (Å²) in [6, 6.07) is 9.40. The van der Waals surface area contributed by atoms with Crippen LogP contribution in [0.3, 0.4) is 0 Å². The predicted octanol–water partition coefficient (Wildman–Crippen LogP) is 0.302. The van der Waals surface area contributed by atoms with Crippen LogP contribution in [0.4, 0.5) is 0 Å². The Bertz CT molecular complexity index is 729. The van der Waals surface area contributed by atoms with Gasteiger partial charge in [-0.25, -0.2) is 0 Å². The fourth-order valence-electron chi connectivity index (χ4n) is 3.17. The molecule has 0 bridgehead atoms. The molecule has 1 aromatic carbocycles. The van der Waals surface area contributed by atoms with E-state index in [0.717, 1.165) is 24.1 Å². The van der Waals surface area contributed by atoms with Gasteiger partial charge in [0.05, 0.1) is 12.6 Å². The van der Waals surface area contributed by atoms with Gasteiger partial charge in [-0.1, -0.05) is 24.3 Å². The van der Waals surface area contributed by atoms with Crippen molar-refractivity contribution in [3.8, 4) is 0 Å². The van der Waals surface area contributed by atoms with Crippen molar-refractivity contribution in [1.29, 1.82) is 0 Å². The van der Waals surface area contributed by atoms with Crippen LogP contribution in [0.25, 0.3) is 0 Å². The number of hydrogen-bond acceptors (Lipinski definition) is 4. The SMILES string of the molecule is NC(=O)[C@@H]1Cc2ccccc2CN1CC(=O)NCCCn1cccn1. The van der Waals surface area contributed by atoms with E-state index in [-0.39, 0.29) is 18.4 Å². The number of nitrogens with zero attached hydrogens (tertiary/aromatic N) is 3. The summed E-state index contributed by atoms with van der Waals surface area (Å²) in [5.74, 6) is -0.480. The summed E-state index contributed by atoms with van der Waals surface area (Å²) < 4.78 is 1.83. The molecule has 25 heavy (non-hydrogen) atoms. The van der Waals surface area contributed by atoms with Crippen molar-refractivity contribution in [1.82, 2.24) is 20.0 Å². The molecule has 0 fully saturated rings. The quantitative estimate of drug-likeness (QED) is 0.709. The lowest BCUT2D eigenvalue weighted by molar-refractivity contribution is -0.127. The van der Waals surface area contributed by atoms with Crippen molar-refractivity contribution in [2.24, 2.45) is 5.73 Å². The van der Waals surface area contributed by atoms with Crippen molar-refractivity contribution in [3.63, 3.8) is 0 Å². The minimum Gasteiger partial charge on any atom is -0.368 e. The molecule has 0 saturated carbocycles. The van der Waals surface area contributed by atoms with E-state index in [0.29, 0.717) is 19.5 Å². The zero-order valence-electron chi connectivity index (χ0n) is 14.1. The van der Waals surface area contributed by atoms with Gasteiger partial charge in [-0.3, -0.25) is 19.2 Å². The van der Waals surface area contributed by atoms with Crippen LogP contribution in [0, 0.1) is 0 Å². The van der Waals surface area contributed by atoms with E-state index in [1.165, 1.54) is 0 Å². The first-order valence-corrected chi connectivity index (χ1v) is 8.48. The number of fused-ring (bicyclic) bond motifs is 1. The third kappa shape index (κ3) is 4.45. The molecule has 0 spiro atoms. The Morgan fingerprint density at radius 1 is 1.24 bits per heavy atom. The molecule has 1 atom stereocenters. The zero-order chi connectivity index (χ0) is 17.6. The first-order chi connectivity index (χ1) is 12.1. The molecule has 0 radical (unpaired) electrons. The van der Waals surface area contributed by atoms with Gasteiger partial charge >= 0.3 is 0 Å². The summed E-state index contributed by atoms with van der Waals surface area (Å²) in [4.78, 5) is 25.9. The van der Waals surface area contributed by atoms with Crippen molar-refractivity contribution >= 4 is 11.8 Å². The van der Waals surface area contributed by atoms with Crippen LogP contribution in [0.15, 0.2) is 42.7 Å². The van der Waals surface area contributed by atoms with Gasteiger partial charge in [0.15, 0.2) is 0 Å². The topological polar surface area (TPSA) is 93.3 Å². The average molecular weight is 341 g/mol. The fraction of sp³-hybridized carbons (Fsp3) is 0.389. The number of nitrogens with one attached hydrogen (secondary N) is 1. The maximum atomic E-state index is 12.2. The zero-order valence-corrected chi connectivity index (χ0v) is 14.1. The number of aryl methyl sites for hydroxylation is 1. The maximum Gasteiger partial charge on any atom is 0.235 e. The lowest BCUT2D eigenvalue weighted by Crippen LogP contribution is -2.51. The van der Waals surface area contributed by atoms with Crippen LogP contribution in [-0.2, 0) is 29.1 Å². The van der Waals surface area contributed by atoms with Gasteiger partial charge < -0.3 is 11.1 Å². The second-order valence-corrected chi connectivity index (χ2v) is 6.27. The number of rotatable bonds is 7. The highest BCUT2D eigenvalue weighted by atomic mass is 16.2. The number of aromatic nitrogens is 2. The molecule has 3 N–H and O–H groups in total. The molecule has 0 saturated heterocycles. The normalized spacial score (nSPS) is 17.0. The van der Waals surface area contributed by atoms with E-state index >= 15 is 0 Å². The van der Waals surface area contributed by atoms with E-state index in [1.807, 2.05) is 46.1 Å². The summed E-state index contributed by atoms with van der Waals surface area (Å²) in [5.41, 5.74) is 7.82. The smallest absolute Gasteiger partial charge is 0.235 e. The first-order valence-electron chi connectivity index (χ1n) is 8.48. The van der Waals surface area contributed by atoms with Crippen LogP contribution in [0.5, 0.6) is 0 Å². The first kappa shape index (κ1) is 17.2. The van der Waals surface area contributed by atoms with Gasteiger partial charge in [0.2, 0.25) is 11.8 Å². The highest BCUT2D eigenvalue weighted by Gasteiger charge is 2.30. The van der Waals surface area contributed by atoms with Crippen LogP contribution in [0.1, 0.15) is 17.5 Å². The largest absolute Gasteiger partial charge is 0.368 e. The van der Waals surface area contributed by atoms with Gasteiger partial charge in [0.25, 0.3) is 0 Å². The molecule has 1 aliphatic rings. The summed E-state index contributed by atoms with van der Waals surface area (Å²) >= 11 is 0. The minimum atomic E-state index is -0.440. The third-order valence-electron chi connectivity index (χ3n) is 4.47. The molecule has 0 unspecified atom stereocenters. The Labute approximate surface area is 146 Å². The average Bonchev–Trinajstić information content (AvgIpc) is 3.11. The number of nitrogens with two attached hydrogens (primary N) is 1. The Balaban J connectivity index is 1.51. The number of carbonyl (C=O) groups excluding carboxylic acids is 2. The predicted molar refractivity (Wildman–Crippen MR) is 93.4 cm³/mol. The molecule has 7 nitrogen and oxygen atoms in total. The van der Waals surface area contributed by atoms with Gasteiger partial charge in [-0.05, 0) is 30.0 Å². The van der Waals surface area contributed by atoms with Crippen LogP contribution >= 0.6 is 0 Å². The Morgan fingerprint density at radius 3 is 2.76 bits per heavy atom. The molecule has 2 amide bonds. The highest BCUT2D eigenvalue weighted by Crippen LogP contribution is 2.22. The van der Waals surface area contributed by atoms with Crippen molar-refractivity contribution in [2.75, 3.05) is 13.1 Å². The Kier molecular flexibility index (Phi) is 5.45. The monoisotopic (exact) mass is 341 g/mol. The standard InChI is InChI=1S/C18H23N5O2/c19-18(25)16-11-14-5-1-2-6-15(14)12-22(16)13-17(24)20-7-3-9-23-10-4-8-21-23/h1-2,4-6,8,10,16H,3,7,9,11-13H2,(H2,19,25)(H,20,24)/t16-/m0/s1. The lowest BCUT2D eigenvalue weighted by Gasteiger charge is -2.34. The number of benzene rings is 1. The Hall–Kier alpha value is -2.67. The highest BCUT2D eigenvalue weighted by molar-refractivity contribution is 5.83. The van der Waals surface area contributed by atoms with E-state index < -0.39 is 6.04 Å². The molecular formula is C18H23N5O2. The third-order valence-corrected chi connectivity index (χ3v) is 4.47. The second-order valence-electron chi connectivity index (χ2n) is 6.27. The minimum absolute atomic E-state index is 0.0916.